The summed E-state index contributed by atoms with van der Waals surface area (Å²) in [5, 5.41) is 13.5. The zero-order chi connectivity index (χ0) is 18.7. The average Bonchev–Trinajstić information content (AvgIpc) is 3.04. The van der Waals surface area contributed by atoms with Gasteiger partial charge in [-0.15, -0.1) is 5.10 Å². The molecule has 0 spiro atoms. The van der Waals surface area contributed by atoms with Gasteiger partial charge in [0.1, 0.15) is 5.75 Å². The fraction of sp³-hybridized carbons (Fsp3) is 0.176. The Labute approximate surface area is 146 Å². The SMILES string of the molecule is COc1ccc(-n2nc(OCC(F)(F)F)cc2-c2ccc(O)cc2)cn1. The summed E-state index contributed by atoms with van der Waals surface area (Å²) in [6.07, 6.45) is -2.99. The molecule has 0 atom stereocenters. The van der Waals surface area contributed by atoms with Gasteiger partial charge in [0.15, 0.2) is 6.61 Å². The first-order chi connectivity index (χ1) is 12.4. The number of benzene rings is 1. The number of methoxy groups -OCH3 is 1. The molecule has 0 aliphatic heterocycles. The van der Waals surface area contributed by atoms with Crippen molar-refractivity contribution < 1.29 is 27.8 Å². The van der Waals surface area contributed by atoms with E-state index in [1.165, 1.54) is 36.2 Å². The number of alkyl halides is 3. The standard InChI is InChI=1S/C17H14F3N3O3/c1-25-15-7-4-12(9-21-15)23-14(11-2-5-13(24)6-3-11)8-16(22-23)26-10-17(18,19)20/h2-9,24H,10H2,1H3. The Kier molecular flexibility index (Phi) is 4.70. The minimum Gasteiger partial charge on any atom is -0.508 e. The molecule has 0 aliphatic rings. The van der Waals surface area contributed by atoms with Gasteiger partial charge in [-0.05, 0) is 30.3 Å². The maximum atomic E-state index is 12.4. The summed E-state index contributed by atoms with van der Waals surface area (Å²) in [5.41, 5.74) is 1.62. The highest BCUT2D eigenvalue weighted by atomic mass is 19.4. The number of hydrogen-bond donors (Lipinski definition) is 1. The molecular formula is C17H14F3N3O3. The number of phenolic OH excluding ortho intramolecular Hbond substituents is 1. The molecule has 9 heteroatoms. The van der Waals surface area contributed by atoms with E-state index in [9.17, 15) is 18.3 Å². The summed E-state index contributed by atoms with van der Waals surface area (Å²) in [7, 11) is 1.47. The van der Waals surface area contributed by atoms with Crippen molar-refractivity contribution in [2.75, 3.05) is 13.7 Å². The van der Waals surface area contributed by atoms with Gasteiger partial charge in [0, 0.05) is 17.7 Å². The largest absolute Gasteiger partial charge is 0.508 e. The van der Waals surface area contributed by atoms with Crippen LogP contribution in [-0.4, -0.2) is 39.8 Å². The monoisotopic (exact) mass is 365 g/mol. The molecule has 2 aromatic heterocycles. The van der Waals surface area contributed by atoms with Crippen LogP contribution in [0.25, 0.3) is 16.9 Å². The minimum absolute atomic E-state index is 0.0690. The van der Waals surface area contributed by atoms with Gasteiger partial charge in [-0.25, -0.2) is 9.67 Å². The van der Waals surface area contributed by atoms with Crippen LogP contribution in [0.15, 0.2) is 48.7 Å². The molecule has 2 heterocycles. The molecule has 1 N–H and O–H groups in total. The van der Waals surface area contributed by atoms with Crippen LogP contribution < -0.4 is 9.47 Å². The maximum absolute atomic E-state index is 12.4. The highest BCUT2D eigenvalue weighted by molar-refractivity contribution is 5.64. The molecule has 0 fully saturated rings. The molecule has 3 aromatic rings. The molecule has 0 amide bonds. The maximum Gasteiger partial charge on any atom is 0.422 e. The fourth-order valence-corrected chi connectivity index (χ4v) is 2.24. The Bertz CT molecular complexity index is 875. The number of rotatable bonds is 5. The Hall–Kier alpha value is -3.23. The molecule has 0 saturated carbocycles. The van der Waals surface area contributed by atoms with E-state index in [0.717, 1.165) is 0 Å². The summed E-state index contributed by atoms with van der Waals surface area (Å²) in [4.78, 5) is 4.07. The van der Waals surface area contributed by atoms with E-state index in [-0.39, 0.29) is 11.6 Å². The van der Waals surface area contributed by atoms with E-state index in [1.54, 1.807) is 24.3 Å². The summed E-state index contributed by atoms with van der Waals surface area (Å²) in [5.74, 6) is 0.279. The number of hydrogen-bond acceptors (Lipinski definition) is 5. The zero-order valence-electron chi connectivity index (χ0n) is 13.6. The van der Waals surface area contributed by atoms with E-state index in [1.807, 2.05) is 0 Å². The van der Waals surface area contributed by atoms with Crippen molar-refractivity contribution >= 4 is 0 Å². The van der Waals surface area contributed by atoms with Crippen LogP contribution in [0.4, 0.5) is 13.2 Å². The normalized spacial score (nSPS) is 11.4. The number of phenols is 1. The summed E-state index contributed by atoms with van der Waals surface area (Å²) in [6.45, 7) is -1.44. The molecular weight excluding hydrogens is 351 g/mol. The van der Waals surface area contributed by atoms with Crippen LogP contribution in [-0.2, 0) is 0 Å². The molecule has 0 radical (unpaired) electrons. The summed E-state index contributed by atoms with van der Waals surface area (Å²) >= 11 is 0. The lowest BCUT2D eigenvalue weighted by atomic mass is 10.1. The van der Waals surface area contributed by atoms with Crippen LogP contribution in [0.1, 0.15) is 0 Å². The Morgan fingerprint density at radius 3 is 2.38 bits per heavy atom. The Morgan fingerprint density at radius 2 is 1.81 bits per heavy atom. The van der Waals surface area contributed by atoms with Crippen molar-refractivity contribution in [1.82, 2.24) is 14.8 Å². The van der Waals surface area contributed by atoms with E-state index in [4.69, 9.17) is 9.47 Å². The number of aromatic nitrogens is 3. The molecule has 0 unspecified atom stereocenters. The van der Waals surface area contributed by atoms with Gasteiger partial charge in [0.2, 0.25) is 11.8 Å². The van der Waals surface area contributed by atoms with Gasteiger partial charge in [0.25, 0.3) is 0 Å². The Balaban J connectivity index is 2.01. The van der Waals surface area contributed by atoms with Crippen molar-refractivity contribution in [3.63, 3.8) is 0 Å². The van der Waals surface area contributed by atoms with Crippen molar-refractivity contribution in [3.05, 3.63) is 48.7 Å². The highest BCUT2D eigenvalue weighted by Gasteiger charge is 2.29. The van der Waals surface area contributed by atoms with Gasteiger partial charge >= 0.3 is 6.18 Å². The van der Waals surface area contributed by atoms with Crippen LogP contribution in [0.3, 0.4) is 0 Å². The number of nitrogens with zero attached hydrogens (tertiary/aromatic N) is 3. The third-order valence-corrected chi connectivity index (χ3v) is 3.41. The van der Waals surface area contributed by atoms with E-state index < -0.39 is 12.8 Å². The fourth-order valence-electron chi connectivity index (χ4n) is 2.24. The van der Waals surface area contributed by atoms with Gasteiger partial charge in [-0.1, -0.05) is 0 Å². The van der Waals surface area contributed by atoms with Crippen LogP contribution in [0, 0.1) is 0 Å². The summed E-state index contributed by atoms with van der Waals surface area (Å²) in [6, 6.07) is 10.8. The van der Waals surface area contributed by atoms with Crippen LogP contribution in [0.5, 0.6) is 17.5 Å². The average molecular weight is 365 g/mol. The van der Waals surface area contributed by atoms with Crippen molar-refractivity contribution in [1.29, 1.82) is 0 Å². The second-order valence-electron chi connectivity index (χ2n) is 5.29. The number of aromatic hydroxyl groups is 1. The van der Waals surface area contributed by atoms with Gasteiger partial charge in [-0.3, -0.25) is 0 Å². The van der Waals surface area contributed by atoms with Crippen molar-refractivity contribution in [2.45, 2.75) is 6.18 Å². The predicted octanol–water partition coefficient (Wildman–Crippen LogP) is 3.59. The molecule has 0 aliphatic carbocycles. The zero-order valence-corrected chi connectivity index (χ0v) is 13.6. The third-order valence-electron chi connectivity index (χ3n) is 3.41. The lowest BCUT2D eigenvalue weighted by Crippen LogP contribution is -2.19. The molecule has 0 saturated heterocycles. The lowest BCUT2D eigenvalue weighted by molar-refractivity contribution is -0.154. The second-order valence-corrected chi connectivity index (χ2v) is 5.29. The predicted molar refractivity (Wildman–Crippen MR) is 86.6 cm³/mol. The number of pyridine rings is 1. The quantitative estimate of drug-likeness (QED) is 0.748. The lowest BCUT2D eigenvalue weighted by Gasteiger charge is -2.08. The van der Waals surface area contributed by atoms with Crippen LogP contribution >= 0.6 is 0 Å². The number of halogens is 3. The second kappa shape index (κ2) is 6.95. The minimum atomic E-state index is -4.47. The first-order valence-electron chi connectivity index (χ1n) is 7.45. The van der Waals surface area contributed by atoms with Gasteiger partial charge in [-0.2, -0.15) is 13.2 Å². The van der Waals surface area contributed by atoms with Gasteiger partial charge < -0.3 is 14.6 Å². The topological polar surface area (TPSA) is 69.4 Å². The van der Waals surface area contributed by atoms with E-state index >= 15 is 0 Å². The molecule has 1 aromatic carbocycles. The molecule has 136 valence electrons. The first-order valence-corrected chi connectivity index (χ1v) is 7.45. The van der Waals surface area contributed by atoms with E-state index in [2.05, 4.69) is 10.1 Å². The highest BCUT2D eigenvalue weighted by Crippen LogP contribution is 2.29. The van der Waals surface area contributed by atoms with Crippen molar-refractivity contribution in [3.8, 4) is 34.5 Å². The summed E-state index contributed by atoms with van der Waals surface area (Å²) < 4.78 is 48.4. The van der Waals surface area contributed by atoms with E-state index in [0.29, 0.717) is 22.8 Å². The smallest absolute Gasteiger partial charge is 0.422 e. The van der Waals surface area contributed by atoms with Crippen molar-refractivity contribution in [2.24, 2.45) is 0 Å². The van der Waals surface area contributed by atoms with Crippen LogP contribution in [0.2, 0.25) is 0 Å². The first kappa shape index (κ1) is 17.6. The Morgan fingerprint density at radius 1 is 1.08 bits per heavy atom. The molecule has 6 nitrogen and oxygen atoms in total. The molecule has 3 rings (SSSR count). The molecule has 26 heavy (non-hydrogen) atoms. The number of ether oxygens (including phenoxy) is 2. The van der Waals surface area contributed by atoms with Gasteiger partial charge in [0.05, 0.1) is 24.7 Å². The molecule has 0 bridgehead atoms. The third kappa shape index (κ3) is 4.05.